The number of benzene rings is 1. The van der Waals surface area contributed by atoms with Gasteiger partial charge in [-0.05, 0) is 49.4 Å². The van der Waals surface area contributed by atoms with Gasteiger partial charge in [0.05, 0.1) is 19.8 Å². The number of nitriles is 1. The molecule has 1 amide bonds. The van der Waals surface area contributed by atoms with Crippen molar-refractivity contribution >= 4 is 22.2 Å². The smallest absolute Gasteiger partial charge is 0.256 e. The number of fused-ring (bicyclic) bond motifs is 1. The molecule has 1 aliphatic carbocycles. The van der Waals surface area contributed by atoms with Crippen LogP contribution in [0.4, 0.5) is 5.00 Å². The van der Waals surface area contributed by atoms with E-state index in [4.69, 9.17) is 9.47 Å². The number of amides is 1. The molecule has 1 aromatic heterocycles. The summed E-state index contributed by atoms with van der Waals surface area (Å²) in [6, 6.07) is 7.30. The Balaban J connectivity index is 1.88. The number of aryl methyl sites for hydroxylation is 1. The first kappa shape index (κ1) is 17.3. The third-order valence-electron chi connectivity index (χ3n) is 4.41. The van der Waals surface area contributed by atoms with Crippen molar-refractivity contribution in [3.8, 4) is 17.6 Å². The Bertz CT molecular complexity index is 836. The van der Waals surface area contributed by atoms with Crippen molar-refractivity contribution in [2.24, 2.45) is 0 Å². The Morgan fingerprint density at radius 2 is 1.92 bits per heavy atom. The van der Waals surface area contributed by atoms with Gasteiger partial charge in [-0.25, -0.2) is 0 Å². The minimum Gasteiger partial charge on any atom is -0.493 e. The number of carbonyl (C=O) groups is 1. The number of carbonyl (C=O) groups excluding carboxylic acids is 1. The van der Waals surface area contributed by atoms with Crippen LogP contribution in [0.2, 0.25) is 0 Å². The number of thiophene rings is 1. The van der Waals surface area contributed by atoms with Crippen LogP contribution >= 0.6 is 11.3 Å². The van der Waals surface area contributed by atoms with E-state index in [1.165, 1.54) is 29.7 Å². The van der Waals surface area contributed by atoms with Crippen molar-refractivity contribution in [3.05, 3.63) is 39.8 Å². The van der Waals surface area contributed by atoms with Gasteiger partial charge in [0.1, 0.15) is 11.1 Å². The maximum Gasteiger partial charge on any atom is 0.256 e. The van der Waals surface area contributed by atoms with E-state index >= 15 is 0 Å². The molecule has 0 fully saturated rings. The molecule has 0 aliphatic heterocycles. The highest BCUT2D eigenvalue weighted by molar-refractivity contribution is 7.16. The van der Waals surface area contributed by atoms with Gasteiger partial charge in [0, 0.05) is 10.4 Å². The number of anilines is 1. The van der Waals surface area contributed by atoms with Gasteiger partial charge in [0.25, 0.3) is 5.91 Å². The lowest BCUT2D eigenvalue weighted by atomic mass is 10.1. The second-order valence-electron chi connectivity index (χ2n) is 5.90. The van der Waals surface area contributed by atoms with Crippen molar-refractivity contribution in [1.29, 1.82) is 5.26 Å². The van der Waals surface area contributed by atoms with Crippen LogP contribution in [0.5, 0.6) is 11.5 Å². The van der Waals surface area contributed by atoms with Gasteiger partial charge >= 0.3 is 0 Å². The van der Waals surface area contributed by atoms with Gasteiger partial charge in [-0.15, -0.1) is 11.3 Å². The highest BCUT2D eigenvalue weighted by Crippen LogP contribution is 2.37. The Labute approximate surface area is 151 Å². The maximum atomic E-state index is 12.6. The first-order valence-corrected chi connectivity index (χ1v) is 9.07. The lowest BCUT2D eigenvalue weighted by Crippen LogP contribution is -2.12. The van der Waals surface area contributed by atoms with Crippen LogP contribution in [0.25, 0.3) is 0 Å². The van der Waals surface area contributed by atoms with Crippen molar-refractivity contribution in [2.75, 3.05) is 19.5 Å². The lowest BCUT2D eigenvalue weighted by Gasteiger charge is -2.09. The molecule has 25 heavy (non-hydrogen) atoms. The molecule has 0 atom stereocenters. The highest BCUT2D eigenvalue weighted by Gasteiger charge is 2.21. The predicted octanol–water partition coefficient (Wildman–Crippen LogP) is 4.16. The van der Waals surface area contributed by atoms with Crippen LogP contribution in [0.3, 0.4) is 0 Å². The number of ether oxygens (including phenoxy) is 2. The number of hydrogen-bond donors (Lipinski definition) is 1. The van der Waals surface area contributed by atoms with Crippen LogP contribution in [-0.4, -0.2) is 20.1 Å². The first-order chi connectivity index (χ1) is 12.2. The Morgan fingerprint density at radius 3 is 2.64 bits per heavy atom. The summed E-state index contributed by atoms with van der Waals surface area (Å²) in [6.45, 7) is 0. The average Bonchev–Trinajstić information content (AvgIpc) is 2.80. The van der Waals surface area contributed by atoms with Gasteiger partial charge in [-0.1, -0.05) is 6.42 Å². The molecule has 1 aromatic carbocycles. The van der Waals surface area contributed by atoms with Gasteiger partial charge in [-0.3, -0.25) is 4.79 Å². The van der Waals surface area contributed by atoms with Crippen molar-refractivity contribution in [2.45, 2.75) is 32.1 Å². The van der Waals surface area contributed by atoms with Crippen LogP contribution in [0.1, 0.15) is 45.6 Å². The second-order valence-corrected chi connectivity index (χ2v) is 7.01. The Kier molecular flexibility index (Phi) is 5.25. The minimum atomic E-state index is -0.256. The zero-order chi connectivity index (χ0) is 17.8. The van der Waals surface area contributed by atoms with Crippen molar-refractivity contribution in [1.82, 2.24) is 0 Å². The molecule has 6 heteroatoms. The monoisotopic (exact) mass is 356 g/mol. The number of methoxy groups -OCH3 is 2. The minimum absolute atomic E-state index is 0.256. The second kappa shape index (κ2) is 7.58. The number of nitrogens with one attached hydrogen (secondary N) is 1. The molecule has 0 spiro atoms. The van der Waals surface area contributed by atoms with Gasteiger partial charge in [-0.2, -0.15) is 5.26 Å². The summed E-state index contributed by atoms with van der Waals surface area (Å²) < 4.78 is 10.4. The zero-order valence-corrected chi connectivity index (χ0v) is 15.2. The van der Waals surface area contributed by atoms with E-state index in [0.29, 0.717) is 27.6 Å². The quantitative estimate of drug-likeness (QED) is 0.835. The molecule has 0 radical (unpaired) electrons. The SMILES string of the molecule is COc1ccc(C(=O)Nc2sc3c(c2C#N)CCCCC3)cc1OC. The van der Waals surface area contributed by atoms with E-state index in [9.17, 15) is 10.1 Å². The van der Waals surface area contributed by atoms with Gasteiger partial charge < -0.3 is 14.8 Å². The van der Waals surface area contributed by atoms with Gasteiger partial charge in [0.2, 0.25) is 0 Å². The fraction of sp³-hybridized carbons (Fsp3) is 0.368. The zero-order valence-electron chi connectivity index (χ0n) is 14.3. The molecule has 0 unspecified atom stereocenters. The van der Waals surface area contributed by atoms with Crippen LogP contribution in [0, 0.1) is 11.3 Å². The first-order valence-electron chi connectivity index (χ1n) is 8.26. The van der Waals surface area contributed by atoms with Crippen LogP contribution in [0.15, 0.2) is 18.2 Å². The molecule has 0 bridgehead atoms. The number of nitrogens with zero attached hydrogens (tertiary/aromatic N) is 1. The summed E-state index contributed by atoms with van der Waals surface area (Å²) in [7, 11) is 3.08. The summed E-state index contributed by atoms with van der Waals surface area (Å²) in [5.41, 5.74) is 2.20. The van der Waals surface area contributed by atoms with E-state index in [-0.39, 0.29) is 5.91 Å². The van der Waals surface area contributed by atoms with E-state index in [1.54, 1.807) is 25.3 Å². The summed E-state index contributed by atoms with van der Waals surface area (Å²) in [5.74, 6) is 0.811. The van der Waals surface area contributed by atoms with E-state index in [1.807, 2.05) is 0 Å². The Hall–Kier alpha value is -2.52. The molecule has 1 N–H and O–H groups in total. The van der Waals surface area contributed by atoms with Crippen molar-refractivity contribution in [3.63, 3.8) is 0 Å². The van der Waals surface area contributed by atoms with E-state index < -0.39 is 0 Å². The predicted molar refractivity (Wildman–Crippen MR) is 97.8 cm³/mol. The molecule has 130 valence electrons. The molecular formula is C19H20N2O3S. The topological polar surface area (TPSA) is 71.3 Å². The molecular weight excluding hydrogens is 336 g/mol. The largest absolute Gasteiger partial charge is 0.493 e. The summed E-state index contributed by atoms with van der Waals surface area (Å²) in [5, 5.41) is 13.1. The Morgan fingerprint density at radius 1 is 1.16 bits per heavy atom. The number of hydrogen-bond acceptors (Lipinski definition) is 5. The third kappa shape index (κ3) is 3.47. The molecule has 2 aromatic rings. The standard InChI is InChI=1S/C19H20N2O3S/c1-23-15-9-8-12(10-16(15)24-2)18(22)21-19-14(11-20)13-6-4-3-5-7-17(13)25-19/h8-10H,3-7H2,1-2H3,(H,21,22). The molecule has 0 saturated heterocycles. The van der Waals surface area contributed by atoms with Gasteiger partial charge in [0.15, 0.2) is 11.5 Å². The normalized spacial score (nSPS) is 13.3. The molecule has 0 saturated carbocycles. The lowest BCUT2D eigenvalue weighted by molar-refractivity contribution is 0.102. The van der Waals surface area contributed by atoms with Crippen LogP contribution in [-0.2, 0) is 12.8 Å². The summed E-state index contributed by atoms with van der Waals surface area (Å²) in [4.78, 5) is 13.9. The summed E-state index contributed by atoms with van der Waals surface area (Å²) >= 11 is 1.53. The van der Waals surface area contributed by atoms with E-state index in [2.05, 4.69) is 11.4 Å². The molecule has 5 nitrogen and oxygen atoms in total. The summed E-state index contributed by atoms with van der Waals surface area (Å²) in [6.07, 6.45) is 5.34. The maximum absolute atomic E-state index is 12.6. The molecule has 1 heterocycles. The fourth-order valence-electron chi connectivity index (χ4n) is 3.10. The van der Waals surface area contributed by atoms with Crippen molar-refractivity contribution < 1.29 is 14.3 Å². The fourth-order valence-corrected chi connectivity index (χ4v) is 4.34. The highest BCUT2D eigenvalue weighted by atomic mass is 32.1. The molecule has 1 aliphatic rings. The molecule has 3 rings (SSSR count). The van der Waals surface area contributed by atoms with E-state index in [0.717, 1.165) is 31.2 Å². The third-order valence-corrected chi connectivity index (χ3v) is 5.61. The average molecular weight is 356 g/mol. The van der Waals surface area contributed by atoms with Crippen LogP contribution < -0.4 is 14.8 Å². The number of rotatable bonds is 4.